The molecule has 0 spiro atoms. The maximum absolute atomic E-state index is 13.3. The van der Waals surface area contributed by atoms with E-state index < -0.39 is 0 Å². The maximum Gasteiger partial charge on any atom is 0.338 e. The number of nitrogens with zero attached hydrogens (tertiary/aromatic N) is 1. The Labute approximate surface area is 195 Å². The zero-order chi connectivity index (χ0) is 22.9. The molecule has 1 aliphatic carbocycles. The van der Waals surface area contributed by atoms with Crippen molar-refractivity contribution in [1.29, 1.82) is 0 Å². The highest BCUT2D eigenvalue weighted by Crippen LogP contribution is 2.47. The summed E-state index contributed by atoms with van der Waals surface area (Å²) in [5, 5.41) is 0. The molecular formula is C27H33NO5. The van der Waals surface area contributed by atoms with E-state index in [0.29, 0.717) is 40.8 Å². The highest BCUT2D eigenvalue weighted by Gasteiger charge is 2.47. The van der Waals surface area contributed by atoms with Gasteiger partial charge < -0.3 is 18.9 Å². The molecule has 176 valence electrons. The fraction of sp³-hybridized carbons (Fsp3) is 0.519. The van der Waals surface area contributed by atoms with E-state index in [1.165, 1.54) is 30.4 Å². The van der Waals surface area contributed by atoms with Crippen LogP contribution in [-0.2, 0) is 11.2 Å². The molecule has 0 radical (unpaired) electrons. The predicted octanol–water partition coefficient (Wildman–Crippen LogP) is 4.80. The van der Waals surface area contributed by atoms with Gasteiger partial charge in [0.25, 0.3) is 0 Å². The lowest BCUT2D eigenvalue weighted by Crippen LogP contribution is -2.56. The molecular weight excluding hydrogens is 418 g/mol. The molecule has 1 saturated carbocycles. The molecule has 4 unspecified atom stereocenters. The van der Waals surface area contributed by atoms with Crippen molar-refractivity contribution >= 4 is 5.97 Å². The summed E-state index contributed by atoms with van der Waals surface area (Å²) in [6, 6.07) is 12.9. The van der Waals surface area contributed by atoms with Crippen LogP contribution in [0.25, 0.3) is 0 Å². The van der Waals surface area contributed by atoms with Crippen LogP contribution in [0.15, 0.2) is 36.4 Å². The van der Waals surface area contributed by atoms with E-state index in [1.54, 1.807) is 33.5 Å². The number of ether oxygens (including phenoxy) is 4. The Hall–Kier alpha value is -2.73. The van der Waals surface area contributed by atoms with E-state index >= 15 is 0 Å². The Morgan fingerprint density at radius 3 is 2.42 bits per heavy atom. The predicted molar refractivity (Wildman–Crippen MR) is 125 cm³/mol. The largest absolute Gasteiger partial charge is 0.493 e. The molecule has 1 saturated heterocycles. The van der Waals surface area contributed by atoms with Gasteiger partial charge in [0.15, 0.2) is 11.5 Å². The van der Waals surface area contributed by atoms with Crippen LogP contribution in [0.5, 0.6) is 17.2 Å². The van der Waals surface area contributed by atoms with Gasteiger partial charge in [0.1, 0.15) is 6.10 Å². The Balaban J connectivity index is 1.44. The smallest absolute Gasteiger partial charge is 0.338 e. The zero-order valence-electron chi connectivity index (χ0n) is 19.7. The molecule has 0 amide bonds. The highest BCUT2D eigenvalue weighted by atomic mass is 16.5. The van der Waals surface area contributed by atoms with Gasteiger partial charge in [-0.2, -0.15) is 0 Å². The summed E-state index contributed by atoms with van der Waals surface area (Å²) in [5.74, 6) is 1.43. The topological polar surface area (TPSA) is 57.2 Å². The third-order valence-electron chi connectivity index (χ3n) is 7.75. The average Bonchev–Trinajstić information content (AvgIpc) is 2.87. The van der Waals surface area contributed by atoms with E-state index in [4.69, 9.17) is 18.9 Å². The summed E-state index contributed by atoms with van der Waals surface area (Å²) in [7, 11) is 4.65. The van der Waals surface area contributed by atoms with Crippen molar-refractivity contribution in [3.05, 3.63) is 53.1 Å². The molecule has 0 bridgehead atoms. The van der Waals surface area contributed by atoms with E-state index in [-0.39, 0.29) is 12.1 Å². The third kappa shape index (κ3) is 3.95. The normalized spacial score (nSPS) is 26.4. The molecule has 2 heterocycles. The van der Waals surface area contributed by atoms with Crippen LogP contribution < -0.4 is 14.2 Å². The third-order valence-corrected chi connectivity index (χ3v) is 7.75. The molecule has 2 fully saturated rings. The quantitative estimate of drug-likeness (QED) is 0.609. The van der Waals surface area contributed by atoms with Crippen molar-refractivity contribution in [2.24, 2.45) is 5.92 Å². The van der Waals surface area contributed by atoms with Gasteiger partial charge >= 0.3 is 5.97 Å². The van der Waals surface area contributed by atoms with Crippen LogP contribution >= 0.6 is 0 Å². The lowest BCUT2D eigenvalue weighted by atomic mass is 9.71. The lowest BCUT2D eigenvalue weighted by molar-refractivity contribution is -0.0812. The van der Waals surface area contributed by atoms with Crippen LogP contribution in [0.4, 0.5) is 0 Å². The molecule has 5 rings (SSSR count). The fourth-order valence-corrected chi connectivity index (χ4v) is 6.25. The van der Waals surface area contributed by atoms with Crippen LogP contribution in [-0.4, -0.2) is 50.9 Å². The summed E-state index contributed by atoms with van der Waals surface area (Å²) in [4.78, 5) is 16.0. The molecule has 4 atom stereocenters. The van der Waals surface area contributed by atoms with Gasteiger partial charge in [-0.3, -0.25) is 4.90 Å². The van der Waals surface area contributed by atoms with E-state index in [1.807, 2.05) is 0 Å². The first-order valence-corrected chi connectivity index (χ1v) is 12.0. The summed E-state index contributed by atoms with van der Waals surface area (Å²) in [6.07, 6.45) is 6.59. The van der Waals surface area contributed by atoms with Gasteiger partial charge in [0.05, 0.1) is 26.9 Å². The minimum atomic E-state index is -0.332. The van der Waals surface area contributed by atoms with Crippen LogP contribution in [0.3, 0.4) is 0 Å². The van der Waals surface area contributed by atoms with Crippen molar-refractivity contribution in [1.82, 2.24) is 4.90 Å². The molecule has 0 N–H and O–H groups in total. The number of fused-ring (bicyclic) bond motifs is 5. The number of piperidine rings is 1. The number of rotatable bonds is 5. The number of benzene rings is 2. The van der Waals surface area contributed by atoms with Crippen molar-refractivity contribution in [2.75, 3.05) is 27.9 Å². The fourth-order valence-electron chi connectivity index (χ4n) is 6.25. The number of carbonyl (C=O) groups is 1. The van der Waals surface area contributed by atoms with Crippen LogP contribution in [0.1, 0.15) is 59.6 Å². The van der Waals surface area contributed by atoms with Gasteiger partial charge in [0.2, 0.25) is 5.75 Å². The minimum Gasteiger partial charge on any atom is -0.493 e. The van der Waals surface area contributed by atoms with Gasteiger partial charge in [0, 0.05) is 31.0 Å². The Kier molecular flexibility index (Phi) is 6.19. The first-order chi connectivity index (χ1) is 16.1. The second-order valence-electron chi connectivity index (χ2n) is 9.31. The molecule has 33 heavy (non-hydrogen) atoms. The maximum atomic E-state index is 13.3. The molecule has 3 aliphatic rings. The van der Waals surface area contributed by atoms with Crippen LogP contribution in [0.2, 0.25) is 0 Å². The molecule has 2 aliphatic heterocycles. The number of carbonyl (C=O) groups excluding carboxylic acids is 1. The van der Waals surface area contributed by atoms with Crippen molar-refractivity contribution in [3.8, 4) is 17.2 Å². The van der Waals surface area contributed by atoms with Gasteiger partial charge in [-0.15, -0.1) is 0 Å². The average molecular weight is 452 g/mol. The Morgan fingerprint density at radius 1 is 0.970 bits per heavy atom. The minimum absolute atomic E-state index is 0.103. The Bertz CT molecular complexity index is 996. The molecule has 2 aromatic carbocycles. The van der Waals surface area contributed by atoms with Crippen molar-refractivity contribution < 1.29 is 23.7 Å². The summed E-state index contributed by atoms with van der Waals surface area (Å²) < 4.78 is 22.5. The first kappa shape index (κ1) is 22.1. The SMILES string of the molecule is COc1cc(C(=O)OC2CC3c4ccccc4CCN3C3CCCCC23)cc(OC)c1OC. The highest BCUT2D eigenvalue weighted by molar-refractivity contribution is 5.91. The standard InChI is InChI=1S/C27H33NO5/c1-30-24-14-18(15-25(31-2)26(24)32-3)27(29)33-23-16-22-19-9-5-4-8-17(19)12-13-28(22)21-11-7-6-10-20(21)23/h4-5,8-9,14-15,20-23H,6-7,10-13,16H2,1-3H3. The van der Waals surface area contributed by atoms with Gasteiger partial charge in [-0.1, -0.05) is 37.1 Å². The van der Waals surface area contributed by atoms with E-state index in [9.17, 15) is 4.79 Å². The number of methoxy groups -OCH3 is 3. The lowest BCUT2D eigenvalue weighted by Gasteiger charge is -2.53. The van der Waals surface area contributed by atoms with Crippen molar-refractivity contribution in [2.45, 2.75) is 56.7 Å². The zero-order valence-corrected chi connectivity index (χ0v) is 19.7. The van der Waals surface area contributed by atoms with Gasteiger partial charge in [-0.25, -0.2) is 4.79 Å². The molecule has 0 aromatic heterocycles. The monoisotopic (exact) mass is 451 g/mol. The second-order valence-corrected chi connectivity index (χ2v) is 9.31. The van der Waals surface area contributed by atoms with Crippen LogP contribution in [0, 0.1) is 5.92 Å². The molecule has 6 nitrogen and oxygen atoms in total. The molecule has 6 heteroatoms. The summed E-state index contributed by atoms with van der Waals surface area (Å²) in [6.45, 7) is 1.09. The first-order valence-electron chi connectivity index (χ1n) is 12.0. The second kappa shape index (κ2) is 9.26. The molecule has 2 aromatic rings. The van der Waals surface area contributed by atoms with Crippen molar-refractivity contribution in [3.63, 3.8) is 0 Å². The van der Waals surface area contributed by atoms with E-state index in [2.05, 4.69) is 29.2 Å². The number of esters is 1. The summed E-state index contributed by atoms with van der Waals surface area (Å²) >= 11 is 0. The number of hydrogen-bond donors (Lipinski definition) is 0. The van der Waals surface area contributed by atoms with E-state index in [0.717, 1.165) is 25.8 Å². The summed E-state index contributed by atoms with van der Waals surface area (Å²) in [5.41, 5.74) is 3.26. The number of hydrogen-bond acceptors (Lipinski definition) is 6. The Morgan fingerprint density at radius 2 is 1.70 bits per heavy atom. The van der Waals surface area contributed by atoms with Gasteiger partial charge in [-0.05, 0) is 42.5 Å².